The maximum atomic E-state index is 3.75. The topological polar surface area (TPSA) is 15.3 Å². The van der Waals surface area contributed by atoms with E-state index in [1.807, 2.05) is 0 Å². The monoisotopic (exact) mass is 286 g/mol. The van der Waals surface area contributed by atoms with Gasteiger partial charge in [0.15, 0.2) is 0 Å². The quantitative estimate of drug-likeness (QED) is 0.904. The van der Waals surface area contributed by atoms with Gasteiger partial charge in [-0.2, -0.15) is 0 Å². The van der Waals surface area contributed by atoms with Gasteiger partial charge in [0.2, 0.25) is 0 Å². The molecule has 1 aliphatic carbocycles. The van der Waals surface area contributed by atoms with Crippen LogP contribution >= 0.6 is 0 Å². The molecule has 1 aromatic rings. The van der Waals surface area contributed by atoms with Crippen molar-refractivity contribution in [1.82, 2.24) is 10.2 Å². The number of piperazine rings is 1. The van der Waals surface area contributed by atoms with Gasteiger partial charge >= 0.3 is 0 Å². The van der Waals surface area contributed by atoms with Crippen LogP contribution in [0.3, 0.4) is 0 Å². The van der Waals surface area contributed by atoms with Crippen LogP contribution in [-0.2, 0) is 0 Å². The van der Waals surface area contributed by atoms with Gasteiger partial charge in [0.1, 0.15) is 0 Å². The Balaban J connectivity index is 1.77. The van der Waals surface area contributed by atoms with Crippen LogP contribution < -0.4 is 5.32 Å². The Labute approximate surface area is 129 Å². The third-order valence-electron chi connectivity index (χ3n) is 5.56. The number of hydrogen-bond acceptors (Lipinski definition) is 2. The second-order valence-corrected chi connectivity index (χ2v) is 7.05. The van der Waals surface area contributed by atoms with Crippen LogP contribution in [0.4, 0.5) is 0 Å². The van der Waals surface area contributed by atoms with Gasteiger partial charge in [0.05, 0.1) is 0 Å². The predicted molar refractivity (Wildman–Crippen MR) is 89.4 cm³/mol. The lowest BCUT2D eigenvalue weighted by Crippen LogP contribution is -2.55. The molecule has 3 rings (SSSR count). The molecule has 1 heterocycles. The molecule has 0 amide bonds. The van der Waals surface area contributed by atoms with E-state index in [1.165, 1.54) is 44.2 Å². The molecule has 1 saturated carbocycles. The maximum Gasteiger partial charge on any atom is 0.0476 e. The van der Waals surface area contributed by atoms with Crippen molar-refractivity contribution < 1.29 is 0 Å². The third kappa shape index (κ3) is 3.49. The van der Waals surface area contributed by atoms with E-state index >= 15 is 0 Å². The predicted octanol–water partition coefficient (Wildman–Crippen LogP) is 3.99. The molecule has 2 unspecified atom stereocenters. The van der Waals surface area contributed by atoms with Crippen LogP contribution in [0.15, 0.2) is 30.3 Å². The first kappa shape index (κ1) is 15.1. The molecular weight excluding hydrogens is 256 g/mol. The molecule has 1 saturated heterocycles. The molecular formula is C19H30N2. The van der Waals surface area contributed by atoms with Gasteiger partial charge in [-0.3, -0.25) is 4.90 Å². The van der Waals surface area contributed by atoms with Gasteiger partial charge in [-0.15, -0.1) is 0 Å². The average molecular weight is 286 g/mol. The standard InChI is InChI=1S/C19H30N2/c1-3-17-14-21(18-11-9-15(2)10-12-18)19(13-20-17)16-7-5-4-6-8-16/h4-8,15,17-20H,3,9-14H2,1-2H3. The summed E-state index contributed by atoms with van der Waals surface area (Å²) in [6.07, 6.45) is 6.84. The number of benzene rings is 1. The molecule has 2 heteroatoms. The fourth-order valence-electron chi connectivity index (χ4n) is 4.08. The first-order valence-electron chi connectivity index (χ1n) is 8.82. The second-order valence-electron chi connectivity index (χ2n) is 7.05. The van der Waals surface area contributed by atoms with Crippen LogP contribution in [0.5, 0.6) is 0 Å². The Hall–Kier alpha value is -0.860. The summed E-state index contributed by atoms with van der Waals surface area (Å²) in [5.41, 5.74) is 1.48. The lowest BCUT2D eigenvalue weighted by atomic mass is 9.84. The fourth-order valence-corrected chi connectivity index (χ4v) is 4.08. The van der Waals surface area contributed by atoms with E-state index in [0.717, 1.165) is 18.5 Å². The smallest absolute Gasteiger partial charge is 0.0476 e. The zero-order valence-corrected chi connectivity index (χ0v) is 13.6. The zero-order chi connectivity index (χ0) is 14.7. The summed E-state index contributed by atoms with van der Waals surface area (Å²) in [6, 6.07) is 13.1. The summed E-state index contributed by atoms with van der Waals surface area (Å²) in [6.45, 7) is 7.04. The van der Waals surface area contributed by atoms with Crippen LogP contribution in [-0.4, -0.2) is 30.1 Å². The van der Waals surface area contributed by atoms with E-state index in [4.69, 9.17) is 0 Å². The lowest BCUT2D eigenvalue weighted by molar-refractivity contribution is 0.0529. The first-order valence-corrected chi connectivity index (χ1v) is 8.82. The fraction of sp³-hybridized carbons (Fsp3) is 0.684. The van der Waals surface area contributed by atoms with Gasteiger partial charge < -0.3 is 5.32 Å². The van der Waals surface area contributed by atoms with Crippen molar-refractivity contribution in [3.05, 3.63) is 35.9 Å². The van der Waals surface area contributed by atoms with Gasteiger partial charge in [-0.1, -0.05) is 44.2 Å². The zero-order valence-electron chi connectivity index (χ0n) is 13.6. The van der Waals surface area contributed by atoms with E-state index in [-0.39, 0.29) is 0 Å². The minimum atomic E-state index is 0.562. The molecule has 1 aromatic carbocycles. The van der Waals surface area contributed by atoms with Crippen LogP contribution in [0, 0.1) is 5.92 Å². The third-order valence-corrected chi connectivity index (χ3v) is 5.56. The molecule has 2 nitrogen and oxygen atoms in total. The van der Waals surface area contributed by atoms with Crippen molar-refractivity contribution in [1.29, 1.82) is 0 Å². The summed E-state index contributed by atoms with van der Waals surface area (Å²) >= 11 is 0. The minimum Gasteiger partial charge on any atom is -0.311 e. The summed E-state index contributed by atoms with van der Waals surface area (Å²) in [4.78, 5) is 2.83. The molecule has 116 valence electrons. The van der Waals surface area contributed by atoms with E-state index in [0.29, 0.717) is 12.1 Å². The number of rotatable bonds is 3. The molecule has 0 bridgehead atoms. The highest BCUT2D eigenvalue weighted by Crippen LogP contribution is 2.34. The number of nitrogens with one attached hydrogen (secondary N) is 1. The van der Waals surface area contributed by atoms with Gasteiger partial charge in [0.25, 0.3) is 0 Å². The highest BCUT2D eigenvalue weighted by Gasteiger charge is 2.34. The van der Waals surface area contributed by atoms with Crippen molar-refractivity contribution in [3.8, 4) is 0 Å². The molecule has 2 atom stereocenters. The average Bonchev–Trinajstić information content (AvgIpc) is 2.56. The molecule has 1 aliphatic heterocycles. The molecule has 21 heavy (non-hydrogen) atoms. The van der Waals surface area contributed by atoms with Crippen molar-refractivity contribution in [3.63, 3.8) is 0 Å². The van der Waals surface area contributed by atoms with Crippen LogP contribution in [0.25, 0.3) is 0 Å². The highest BCUT2D eigenvalue weighted by atomic mass is 15.3. The van der Waals surface area contributed by atoms with Gasteiger partial charge in [-0.05, 0) is 43.6 Å². The molecule has 1 N–H and O–H groups in total. The summed E-state index contributed by atoms with van der Waals surface area (Å²) in [5.74, 6) is 0.932. The number of nitrogens with zero attached hydrogens (tertiary/aromatic N) is 1. The minimum absolute atomic E-state index is 0.562. The Morgan fingerprint density at radius 3 is 2.48 bits per heavy atom. The normalized spacial score (nSPS) is 34.8. The Morgan fingerprint density at radius 2 is 1.81 bits per heavy atom. The number of hydrogen-bond donors (Lipinski definition) is 1. The van der Waals surface area contributed by atoms with E-state index < -0.39 is 0 Å². The molecule has 0 radical (unpaired) electrons. The maximum absolute atomic E-state index is 3.75. The largest absolute Gasteiger partial charge is 0.311 e. The molecule has 2 fully saturated rings. The van der Waals surface area contributed by atoms with Crippen molar-refractivity contribution in [2.24, 2.45) is 5.92 Å². The lowest BCUT2D eigenvalue weighted by Gasteiger charge is -2.46. The SMILES string of the molecule is CCC1CN(C2CCC(C)CC2)C(c2ccccc2)CN1. The molecule has 0 aromatic heterocycles. The van der Waals surface area contributed by atoms with E-state index in [9.17, 15) is 0 Å². The first-order chi connectivity index (χ1) is 10.3. The second kappa shape index (κ2) is 6.93. The molecule has 0 spiro atoms. The molecule has 2 aliphatic rings. The van der Waals surface area contributed by atoms with Crippen molar-refractivity contribution >= 4 is 0 Å². The van der Waals surface area contributed by atoms with Crippen molar-refractivity contribution in [2.75, 3.05) is 13.1 Å². The summed E-state index contributed by atoms with van der Waals surface area (Å²) in [7, 11) is 0. The van der Waals surface area contributed by atoms with Gasteiger partial charge in [-0.25, -0.2) is 0 Å². The van der Waals surface area contributed by atoms with Crippen molar-refractivity contribution in [2.45, 2.75) is 64.1 Å². The van der Waals surface area contributed by atoms with Gasteiger partial charge in [0, 0.05) is 31.2 Å². The van der Waals surface area contributed by atoms with Crippen LogP contribution in [0.2, 0.25) is 0 Å². The van der Waals surface area contributed by atoms with E-state index in [1.54, 1.807) is 0 Å². The highest BCUT2D eigenvalue weighted by molar-refractivity contribution is 5.20. The summed E-state index contributed by atoms with van der Waals surface area (Å²) < 4.78 is 0. The Kier molecular flexibility index (Phi) is 4.97. The van der Waals surface area contributed by atoms with Crippen LogP contribution in [0.1, 0.15) is 57.6 Å². The Bertz CT molecular complexity index is 422. The Morgan fingerprint density at radius 1 is 1.10 bits per heavy atom. The summed E-state index contributed by atoms with van der Waals surface area (Å²) in [5, 5.41) is 3.75. The van der Waals surface area contributed by atoms with E-state index in [2.05, 4.69) is 54.4 Å².